The first-order chi connectivity index (χ1) is 10.6. The Kier molecular flexibility index (Phi) is 6.54. The summed E-state index contributed by atoms with van der Waals surface area (Å²) in [6, 6.07) is 6.54. The van der Waals surface area contributed by atoms with Gasteiger partial charge in [-0.25, -0.2) is 0 Å². The number of rotatable bonds is 6. The van der Waals surface area contributed by atoms with Gasteiger partial charge in [0.25, 0.3) is 0 Å². The number of nitrogens with zero attached hydrogens (tertiary/aromatic N) is 1. The number of piperidine rings is 1. The van der Waals surface area contributed by atoms with Gasteiger partial charge in [0.1, 0.15) is 5.75 Å². The Morgan fingerprint density at radius 1 is 1.32 bits per heavy atom. The molecule has 22 heavy (non-hydrogen) atoms. The summed E-state index contributed by atoms with van der Waals surface area (Å²) in [5.74, 6) is 1.88. The van der Waals surface area contributed by atoms with Crippen molar-refractivity contribution in [2.75, 3.05) is 26.2 Å². The fourth-order valence-corrected chi connectivity index (χ4v) is 3.69. The second-order valence-corrected chi connectivity index (χ2v) is 6.86. The summed E-state index contributed by atoms with van der Waals surface area (Å²) in [4.78, 5) is 2.55. The lowest BCUT2D eigenvalue weighted by molar-refractivity contribution is 0.137. The monoisotopic (exact) mass is 324 g/mol. The fourth-order valence-electron chi connectivity index (χ4n) is 3.51. The van der Waals surface area contributed by atoms with E-state index in [9.17, 15) is 0 Å². The van der Waals surface area contributed by atoms with Gasteiger partial charge in [0, 0.05) is 22.5 Å². The minimum absolute atomic E-state index is 0.328. The average Bonchev–Trinajstić information content (AvgIpc) is 2.51. The highest BCUT2D eigenvalue weighted by Gasteiger charge is 2.29. The highest BCUT2D eigenvalue weighted by Crippen LogP contribution is 2.38. The molecule has 0 aliphatic carbocycles. The van der Waals surface area contributed by atoms with Crippen molar-refractivity contribution in [2.45, 2.75) is 45.6 Å². The van der Waals surface area contributed by atoms with Crippen LogP contribution in [0, 0.1) is 5.92 Å². The molecule has 0 amide bonds. The predicted molar refractivity (Wildman–Crippen MR) is 93.8 cm³/mol. The van der Waals surface area contributed by atoms with Crippen LogP contribution in [0.3, 0.4) is 0 Å². The van der Waals surface area contributed by atoms with Gasteiger partial charge in [-0.3, -0.25) is 0 Å². The van der Waals surface area contributed by atoms with E-state index < -0.39 is 0 Å². The summed E-state index contributed by atoms with van der Waals surface area (Å²) >= 11 is 6.22. The van der Waals surface area contributed by atoms with Crippen molar-refractivity contribution in [2.24, 2.45) is 11.7 Å². The molecule has 1 heterocycles. The van der Waals surface area contributed by atoms with E-state index in [-0.39, 0.29) is 0 Å². The zero-order chi connectivity index (χ0) is 16.1. The Morgan fingerprint density at radius 2 is 2.00 bits per heavy atom. The molecule has 1 aliphatic heterocycles. The second-order valence-electron chi connectivity index (χ2n) is 6.42. The van der Waals surface area contributed by atoms with Gasteiger partial charge < -0.3 is 15.4 Å². The van der Waals surface area contributed by atoms with Crippen LogP contribution in [0.5, 0.6) is 5.75 Å². The predicted octanol–water partition coefficient (Wildman–Crippen LogP) is 3.90. The number of nitrogens with two attached hydrogens (primary N) is 1. The molecule has 0 saturated carbocycles. The Labute approximate surface area is 139 Å². The van der Waals surface area contributed by atoms with Crippen LogP contribution in [0.15, 0.2) is 18.2 Å². The summed E-state index contributed by atoms with van der Waals surface area (Å²) in [5.41, 5.74) is 7.31. The second kappa shape index (κ2) is 8.19. The Balaban J connectivity index is 2.16. The molecule has 0 bridgehead atoms. The van der Waals surface area contributed by atoms with Gasteiger partial charge in [0.15, 0.2) is 0 Å². The van der Waals surface area contributed by atoms with Gasteiger partial charge in [-0.15, -0.1) is 0 Å². The molecule has 3 nitrogen and oxygen atoms in total. The molecule has 1 unspecified atom stereocenters. The number of likely N-dealkylation sites (tertiary alicyclic amines) is 1. The maximum atomic E-state index is 6.22. The van der Waals surface area contributed by atoms with Crippen LogP contribution in [-0.2, 0) is 0 Å². The van der Waals surface area contributed by atoms with Gasteiger partial charge >= 0.3 is 0 Å². The van der Waals surface area contributed by atoms with E-state index in [0.717, 1.165) is 23.9 Å². The van der Waals surface area contributed by atoms with E-state index >= 15 is 0 Å². The smallest absolute Gasteiger partial charge is 0.122 e. The highest BCUT2D eigenvalue weighted by molar-refractivity contribution is 6.30. The number of benzene rings is 1. The summed E-state index contributed by atoms with van der Waals surface area (Å²) in [6.07, 6.45) is 2.39. The van der Waals surface area contributed by atoms with Crippen molar-refractivity contribution in [3.05, 3.63) is 28.8 Å². The number of hydrogen-bond donors (Lipinski definition) is 1. The third-order valence-corrected chi connectivity index (χ3v) is 5.03. The van der Waals surface area contributed by atoms with Crippen molar-refractivity contribution in [1.29, 1.82) is 0 Å². The van der Waals surface area contributed by atoms with E-state index in [1.54, 1.807) is 0 Å². The zero-order valence-corrected chi connectivity index (χ0v) is 14.8. The lowest BCUT2D eigenvalue weighted by atomic mass is 9.79. The van der Waals surface area contributed by atoms with Crippen molar-refractivity contribution in [3.8, 4) is 5.75 Å². The Hall–Kier alpha value is -0.770. The molecule has 1 saturated heterocycles. The van der Waals surface area contributed by atoms with Gasteiger partial charge in [-0.1, -0.05) is 11.6 Å². The van der Waals surface area contributed by atoms with Gasteiger partial charge in [-0.05, 0) is 77.4 Å². The quantitative estimate of drug-likeness (QED) is 0.862. The maximum absolute atomic E-state index is 6.22. The third kappa shape index (κ3) is 4.15. The van der Waals surface area contributed by atoms with E-state index in [0.29, 0.717) is 31.0 Å². The first-order valence-electron chi connectivity index (χ1n) is 8.43. The van der Waals surface area contributed by atoms with Crippen molar-refractivity contribution in [1.82, 2.24) is 4.90 Å². The summed E-state index contributed by atoms with van der Waals surface area (Å²) in [7, 11) is 0. The van der Waals surface area contributed by atoms with Crippen molar-refractivity contribution in [3.63, 3.8) is 0 Å². The first kappa shape index (κ1) is 17.6. The Morgan fingerprint density at radius 3 is 2.55 bits per heavy atom. The van der Waals surface area contributed by atoms with Crippen LogP contribution < -0.4 is 10.5 Å². The standard InChI is InChI=1S/C18H29ClN2O/c1-4-22-18-6-5-15(19)11-16(18)17(12-20)14-7-9-21(10-8-14)13(2)3/h5-6,11,13-14,17H,4,7-10,12,20H2,1-3H3. The first-order valence-corrected chi connectivity index (χ1v) is 8.81. The number of halogens is 1. The molecule has 0 aromatic heterocycles. The maximum Gasteiger partial charge on any atom is 0.122 e. The summed E-state index contributed by atoms with van der Waals surface area (Å²) in [5, 5.41) is 0.761. The topological polar surface area (TPSA) is 38.5 Å². The molecule has 1 aromatic rings. The van der Waals surface area contributed by atoms with Crippen LogP contribution >= 0.6 is 11.6 Å². The van der Waals surface area contributed by atoms with E-state index in [1.807, 2.05) is 25.1 Å². The van der Waals surface area contributed by atoms with Gasteiger partial charge in [0.05, 0.1) is 6.61 Å². The molecule has 2 rings (SSSR count). The molecule has 124 valence electrons. The lowest BCUT2D eigenvalue weighted by Crippen LogP contribution is -2.40. The normalized spacial score (nSPS) is 18.6. The molecule has 1 aromatic carbocycles. The van der Waals surface area contributed by atoms with Crippen LogP contribution in [0.2, 0.25) is 5.02 Å². The molecule has 1 atom stereocenters. The number of ether oxygens (including phenoxy) is 1. The molecule has 2 N–H and O–H groups in total. The van der Waals surface area contributed by atoms with Crippen LogP contribution in [0.25, 0.3) is 0 Å². The van der Waals surface area contributed by atoms with Gasteiger partial charge in [0.2, 0.25) is 0 Å². The fraction of sp³-hybridized carbons (Fsp3) is 0.667. The van der Waals surface area contributed by atoms with Crippen molar-refractivity contribution >= 4 is 11.6 Å². The number of hydrogen-bond acceptors (Lipinski definition) is 3. The molecule has 1 fully saturated rings. The van der Waals surface area contributed by atoms with Crippen LogP contribution in [0.4, 0.5) is 0 Å². The molecular formula is C18H29ClN2O. The zero-order valence-electron chi connectivity index (χ0n) is 14.0. The van der Waals surface area contributed by atoms with E-state index in [2.05, 4.69) is 18.7 Å². The van der Waals surface area contributed by atoms with Crippen molar-refractivity contribution < 1.29 is 4.74 Å². The molecule has 0 spiro atoms. The van der Waals surface area contributed by atoms with E-state index in [4.69, 9.17) is 22.1 Å². The third-order valence-electron chi connectivity index (χ3n) is 4.80. The largest absolute Gasteiger partial charge is 0.494 e. The minimum atomic E-state index is 0.328. The molecular weight excluding hydrogens is 296 g/mol. The minimum Gasteiger partial charge on any atom is -0.494 e. The Bertz CT molecular complexity index is 470. The average molecular weight is 325 g/mol. The molecule has 4 heteroatoms. The highest BCUT2D eigenvalue weighted by atomic mass is 35.5. The summed E-state index contributed by atoms with van der Waals surface area (Å²) in [6.45, 7) is 10.2. The summed E-state index contributed by atoms with van der Waals surface area (Å²) < 4.78 is 5.80. The van der Waals surface area contributed by atoms with Crippen LogP contribution in [-0.4, -0.2) is 37.2 Å². The SMILES string of the molecule is CCOc1ccc(Cl)cc1C(CN)C1CCN(C(C)C)CC1. The lowest BCUT2D eigenvalue weighted by Gasteiger charge is -2.38. The van der Waals surface area contributed by atoms with Crippen LogP contribution in [0.1, 0.15) is 45.1 Å². The van der Waals surface area contributed by atoms with Gasteiger partial charge in [-0.2, -0.15) is 0 Å². The molecule has 1 aliphatic rings. The molecule has 0 radical (unpaired) electrons. The van der Waals surface area contributed by atoms with E-state index in [1.165, 1.54) is 18.4 Å².